The highest BCUT2D eigenvalue weighted by Crippen LogP contribution is 2.42. The van der Waals surface area contributed by atoms with Gasteiger partial charge in [0.05, 0.1) is 0 Å². The summed E-state index contributed by atoms with van der Waals surface area (Å²) in [6, 6.07) is 25.7. The topological polar surface area (TPSA) is 74.6 Å². The number of fused-ring (bicyclic) bond motifs is 2. The van der Waals surface area contributed by atoms with Crippen molar-refractivity contribution in [2.24, 2.45) is 0 Å². The number of hydrogen-bond donors (Lipinski definition) is 2. The van der Waals surface area contributed by atoms with Crippen LogP contribution in [0.4, 0.5) is 0 Å². The Morgan fingerprint density at radius 1 is 0.704 bits per heavy atom. The summed E-state index contributed by atoms with van der Waals surface area (Å²) >= 11 is 7.46. The van der Waals surface area contributed by atoms with Gasteiger partial charge in [-0.15, -0.1) is 0 Å². The molecule has 0 radical (unpaired) electrons. The molecule has 0 spiro atoms. The molecule has 0 aromatic heterocycles. The SMILES string of the molecule is Brc1cc2ccccc2c(-c2cccc3ccccc23)c1Br.O=S(=O)(O)O. The van der Waals surface area contributed by atoms with Crippen LogP contribution >= 0.6 is 31.9 Å². The van der Waals surface area contributed by atoms with Gasteiger partial charge in [-0.05, 0) is 65.0 Å². The summed E-state index contributed by atoms with van der Waals surface area (Å²) in [5.41, 5.74) is 2.49. The normalized spacial score (nSPS) is 11.3. The van der Waals surface area contributed by atoms with E-state index in [1.54, 1.807) is 0 Å². The molecule has 0 unspecified atom stereocenters. The smallest absolute Gasteiger partial charge is 0.264 e. The minimum Gasteiger partial charge on any atom is -0.264 e. The van der Waals surface area contributed by atoms with Crippen LogP contribution in [0.1, 0.15) is 0 Å². The molecular weight excluding hydrogens is 496 g/mol. The van der Waals surface area contributed by atoms with Crippen LogP contribution in [0, 0.1) is 0 Å². The lowest BCUT2D eigenvalue weighted by Gasteiger charge is -2.14. The summed E-state index contributed by atoms with van der Waals surface area (Å²) in [5.74, 6) is 0. The van der Waals surface area contributed by atoms with E-state index in [1.807, 2.05) is 0 Å². The fraction of sp³-hybridized carbons (Fsp3) is 0. The van der Waals surface area contributed by atoms with Crippen molar-refractivity contribution >= 4 is 63.8 Å². The molecule has 0 bridgehead atoms. The van der Waals surface area contributed by atoms with Gasteiger partial charge in [0.25, 0.3) is 0 Å². The van der Waals surface area contributed by atoms with E-state index < -0.39 is 10.4 Å². The van der Waals surface area contributed by atoms with Gasteiger partial charge in [-0.3, -0.25) is 9.11 Å². The molecule has 0 aliphatic heterocycles. The average Bonchev–Trinajstić information content (AvgIpc) is 2.61. The first-order valence-electron chi connectivity index (χ1n) is 7.80. The van der Waals surface area contributed by atoms with E-state index in [9.17, 15) is 0 Å². The molecule has 0 saturated carbocycles. The van der Waals surface area contributed by atoms with Gasteiger partial charge in [-0.2, -0.15) is 8.42 Å². The molecule has 4 rings (SSSR count). The monoisotopic (exact) mass is 508 g/mol. The van der Waals surface area contributed by atoms with Crippen LogP contribution in [-0.4, -0.2) is 17.5 Å². The standard InChI is InChI=1S/C20H12Br2.H2O4S/c21-18-12-14-7-2-4-10-16(14)19(20(18)22)17-11-5-8-13-6-1-3-9-15(13)17;1-5(2,3)4/h1-12H;(H2,1,2,3,4). The molecule has 0 heterocycles. The van der Waals surface area contributed by atoms with Gasteiger partial charge in [0.15, 0.2) is 0 Å². The lowest BCUT2D eigenvalue weighted by atomic mass is 9.94. The fourth-order valence-electron chi connectivity index (χ4n) is 2.99. The molecule has 0 aliphatic carbocycles. The van der Waals surface area contributed by atoms with Gasteiger partial charge in [0.1, 0.15) is 0 Å². The third-order valence-electron chi connectivity index (χ3n) is 4.00. The van der Waals surface area contributed by atoms with Gasteiger partial charge in [0, 0.05) is 14.5 Å². The van der Waals surface area contributed by atoms with Gasteiger partial charge in [-0.1, -0.05) is 66.7 Å². The van der Waals surface area contributed by atoms with Crippen molar-refractivity contribution in [3.63, 3.8) is 0 Å². The second kappa shape index (κ2) is 8.08. The van der Waals surface area contributed by atoms with E-state index >= 15 is 0 Å². The molecule has 7 heteroatoms. The Hall–Kier alpha value is -1.77. The zero-order chi connectivity index (χ0) is 19.6. The van der Waals surface area contributed by atoms with E-state index in [4.69, 9.17) is 17.5 Å². The summed E-state index contributed by atoms with van der Waals surface area (Å²) < 4.78 is 33.8. The number of benzene rings is 4. The van der Waals surface area contributed by atoms with Crippen molar-refractivity contribution < 1.29 is 17.5 Å². The molecule has 0 aliphatic rings. The summed E-state index contributed by atoms with van der Waals surface area (Å²) in [4.78, 5) is 0. The summed E-state index contributed by atoms with van der Waals surface area (Å²) in [7, 11) is -4.67. The Balaban J connectivity index is 0.000000376. The van der Waals surface area contributed by atoms with E-state index in [2.05, 4.69) is 105 Å². The minimum atomic E-state index is -4.67. The Kier molecular flexibility index (Phi) is 5.98. The third-order valence-corrected chi connectivity index (χ3v) is 5.98. The van der Waals surface area contributed by atoms with Crippen molar-refractivity contribution in [3.05, 3.63) is 81.7 Å². The van der Waals surface area contributed by atoms with Crippen molar-refractivity contribution in [3.8, 4) is 11.1 Å². The van der Waals surface area contributed by atoms with E-state index in [0.29, 0.717) is 0 Å². The molecule has 2 N–H and O–H groups in total. The molecular formula is C20H14Br2O4S. The summed E-state index contributed by atoms with van der Waals surface area (Å²) in [5, 5.41) is 5.03. The molecule has 4 nitrogen and oxygen atoms in total. The van der Waals surface area contributed by atoms with Crippen LogP contribution in [0.15, 0.2) is 81.7 Å². The molecule has 4 aromatic carbocycles. The molecule has 0 amide bonds. The highest BCUT2D eigenvalue weighted by atomic mass is 79.9. The Morgan fingerprint density at radius 2 is 1.22 bits per heavy atom. The van der Waals surface area contributed by atoms with Gasteiger partial charge >= 0.3 is 10.4 Å². The number of hydrogen-bond acceptors (Lipinski definition) is 2. The maximum Gasteiger partial charge on any atom is 0.394 e. The fourth-order valence-corrected chi connectivity index (χ4v) is 3.98. The average molecular weight is 510 g/mol. The van der Waals surface area contributed by atoms with Gasteiger partial charge in [0.2, 0.25) is 0 Å². The second-order valence-corrected chi connectivity index (χ2v) is 8.29. The first-order valence-corrected chi connectivity index (χ1v) is 10.8. The van der Waals surface area contributed by atoms with Crippen molar-refractivity contribution in [1.29, 1.82) is 0 Å². The van der Waals surface area contributed by atoms with Crippen molar-refractivity contribution in [1.82, 2.24) is 0 Å². The minimum absolute atomic E-state index is 1.08. The molecule has 0 fully saturated rings. The number of rotatable bonds is 1. The highest BCUT2D eigenvalue weighted by molar-refractivity contribution is 9.13. The van der Waals surface area contributed by atoms with E-state index in [-0.39, 0.29) is 0 Å². The Labute approximate surface area is 173 Å². The maximum atomic E-state index is 8.74. The summed E-state index contributed by atoms with van der Waals surface area (Å²) in [6.45, 7) is 0. The zero-order valence-electron chi connectivity index (χ0n) is 13.8. The Bertz CT molecular complexity index is 1220. The van der Waals surface area contributed by atoms with Crippen LogP contribution < -0.4 is 0 Å². The van der Waals surface area contributed by atoms with Crippen LogP contribution in [0.2, 0.25) is 0 Å². The van der Waals surface area contributed by atoms with Gasteiger partial charge < -0.3 is 0 Å². The zero-order valence-corrected chi connectivity index (χ0v) is 17.8. The van der Waals surface area contributed by atoms with Crippen LogP contribution in [0.25, 0.3) is 32.7 Å². The predicted molar refractivity (Wildman–Crippen MR) is 116 cm³/mol. The second-order valence-electron chi connectivity index (χ2n) is 5.74. The van der Waals surface area contributed by atoms with E-state index in [0.717, 1.165) is 8.95 Å². The first kappa shape index (κ1) is 20.0. The molecule has 4 aromatic rings. The third kappa shape index (κ3) is 4.75. The number of halogens is 2. The lowest BCUT2D eigenvalue weighted by molar-refractivity contribution is 0.381. The van der Waals surface area contributed by atoms with Gasteiger partial charge in [-0.25, -0.2) is 0 Å². The lowest BCUT2D eigenvalue weighted by Crippen LogP contribution is -1.89. The molecule has 0 atom stereocenters. The molecule has 138 valence electrons. The maximum absolute atomic E-state index is 8.74. The highest BCUT2D eigenvalue weighted by Gasteiger charge is 2.13. The van der Waals surface area contributed by atoms with Crippen molar-refractivity contribution in [2.75, 3.05) is 0 Å². The quantitative estimate of drug-likeness (QED) is 0.286. The largest absolute Gasteiger partial charge is 0.394 e. The molecule has 27 heavy (non-hydrogen) atoms. The predicted octanol–water partition coefficient (Wildman–Crippen LogP) is 6.53. The molecule has 0 saturated heterocycles. The Morgan fingerprint density at radius 3 is 1.89 bits per heavy atom. The van der Waals surface area contributed by atoms with E-state index in [1.165, 1.54) is 32.7 Å². The van der Waals surface area contributed by atoms with Crippen molar-refractivity contribution in [2.45, 2.75) is 0 Å². The first-order chi connectivity index (χ1) is 12.8. The summed E-state index contributed by atoms with van der Waals surface area (Å²) in [6.07, 6.45) is 0. The van der Waals surface area contributed by atoms with Crippen LogP contribution in [-0.2, 0) is 10.4 Å². The van der Waals surface area contributed by atoms with Crippen LogP contribution in [0.3, 0.4) is 0 Å². The van der Waals surface area contributed by atoms with Crippen LogP contribution in [0.5, 0.6) is 0 Å².